The first kappa shape index (κ1) is 11.9. The summed E-state index contributed by atoms with van der Waals surface area (Å²) in [7, 11) is 0. The smallest absolute Gasteiger partial charge is 0.287 e. The Balaban J connectivity index is 2.07. The summed E-state index contributed by atoms with van der Waals surface area (Å²) in [5.41, 5.74) is 0.889. The lowest BCUT2D eigenvalue weighted by Gasteiger charge is -2.31. The quantitative estimate of drug-likeness (QED) is 0.587. The second-order valence-corrected chi connectivity index (χ2v) is 4.02. The number of pyridine rings is 1. The van der Waals surface area contributed by atoms with E-state index in [1.165, 1.54) is 12.3 Å². The molecule has 0 bridgehead atoms. The van der Waals surface area contributed by atoms with Crippen LogP contribution in [0.2, 0.25) is 0 Å². The summed E-state index contributed by atoms with van der Waals surface area (Å²) in [5.74, 6) is 0. The number of hydrogen-bond acceptors (Lipinski definition) is 5. The number of morpholine rings is 1. The lowest BCUT2D eigenvalue weighted by molar-refractivity contribution is -0.385. The van der Waals surface area contributed by atoms with Crippen molar-refractivity contribution in [1.29, 1.82) is 0 Å². The van der Waals surface area contributed by atoms with E-state index in [9.17, 15) is 10.1 Å². The van der Waals surface area contributed by atoms with Crippen LogP contribution in [0.3, 0.4) is 0 Å². The number of rotatable bonds is 3. The summed E-state index contributed by atoms with van der Waals surface area (Å²) < 4.78 is 5.28. The highest BCUT2D eigenvalue weighted by atomic mass is 16.6. The zero-order valence-corrected chi connectivity index (χ0v) is 9.70. The van der Waals surface area contributed by atoms with Crippen molar-refractivity contribution in [3.05, 3.63) is 34.1 Å². The van der Waals surface area contributed by atoms with Crippen molar-refractivity contribution in [3.8, 4) is 0 Å². The molecular weight excluding hydrogens is 222 g/mol. The molecule has 0 radical (unpaired) electrons. The van der Waals surface area contributed by atoms with Gasteiger partial charge in [0, 0.05) is 25.2 Å². The summed E-state index contributed by atoms with van der Waals surface area (Å²) in [4.78, 5) is 16.5. The van der Waals surface area contributed by atoms with Gasteiger partial charge in [0.05, 0.1) is 23.8 Å². The third-order valence-electron chi connectivity index (χ3n) is 3.00. The van der Waals surface area contributed by atoms with E-state index >= 15 is 0 Å². The van der Waals surface area contributed by atoms with E-state index in [2.05, 4.69) is 16.8 Å². The summed E-state index contributed by atoms with van der Waals surface area (Å²) in [6.07, 6.45) is 1.31. The first-order chi connectivity index (χ1) is 8.18. The predicted octanol–water partition coefficient (Wildman–Crippen LogP) is 1.38. The van der Waals surface area contributed by atoms with Crippen molar-refractivity contribution in [2.24, 2.45) is 0 Å². The van der Waals surface area contributed by atoms with E-state index in [4.69, 9.17) is 4.74 Å². The maximum atomic E-state index is 10.5. The molecule has 2 rings (SSSR count). The van der Waals surface area contributed by atoms with E-state index in [-0.39, 0.29) is 11.7 Å². The second kappa shape index (κ2) is 5.20. The fraction of sp³-hybridized carbons (Fsp3) is 0.545. The van der Waals surface area contributed by atoms with Crippen molar-refractivity contribution in [2.75, 3.05) is 26.3 Å². The van der Waals surface area contributed by atoms with E-state index in [0.29, 0.717) is 0 Å². The number of aromatic nitrogens is 1. The first-order valence-electron chi connectivity index (χ1n) is 5.60. The van der Waals surface area contributed by atoms with Crippen molar-refractivity contribution < 1.29 is 9.66 Å². The summed E-state index contributed by atoms with van der Waals surface area (Å²) in [5, 5.41) is 10.5. The molecule has 6 nitrogen and oxygen atoms in total. The van der Waals surface area contributed by atoms with Gasteiger partial charge in [0.25, 0.3) is 5.69 Å². The lowest BCUT2D eigenvalue weighted by atomic mass is 10.1. The van der Waals surface area contributed by atoms with Crippen LogP contribution in [0.1, 0.15) is 18.7 Å². The van der Waals surface area contributed by atoms with Gasteiger partial charge in [-0.1, -0.05) is 0 Å². The second-order valence-electron chi connectivity index (χ2n) is 4.02. The van der Waals surface area contributed by atoms with Crippen LogP contribution in [-0.2, 0) is 4.74 Å². The van der Waals surface area contributed by atoms with Gasteiger partial charge in [-0.2, -0.15) is 0 Å². The van der Waals surface area contributed by atoms with E-state index in [1.54, 1.807) is 6.07 Å². The molecule has 0 aromatic carbocycles. The van der Waals surface area contributed by atoms with Gasteiger partial charge in [-0.25, -0.2) is 0 Å². The normalized spacial score (nSPS) is 18.9. The molecule has 0 N–H and O–H groups in total. The Kier molecular flexibility index (Phi) is 3.65. The molecule has 1 aliphatic rings. The Morgan fingerprint density at radius 1 is 1.47 bits per heavy atom. The number of hydrogen-bond donors (Lipinski definition) is 0. The van der Waals surface area contributed by atoms with Crippen LogP contribution in [0, 0.1) is 10.1 Å². The van der Waals surface area contributed by atoms with E-state index in [0.717, 1.165) is 32.0 Å². The number of nitrogens with zero attached hydrogens (tertiary/aromatic N) is 3. The third-order valence-corrected chi connectivity index (χ3v) is 3.00. The maximum absolute atomic E-state index is 10.5. The monoisotopic (exact) mass is 237 g/mol. The topological polar surface area (TPSA) is 68.5 Å². The van der Waals surface area contributed by atoms with Gasteiger partial charge in [-0.3, -0.25) is 20.0 Å². The van der Waals surface area contributed by atoms with Crippen LogP contribution in [-0.4, -0.2) is 41.1 Å². The van der Waals surface area contributed by atoms with Gasteiger partial charge in [0.15, 0.2) is 0 Å². The van der Waals surface area contributed by atoms with Crippen molar-refractivity contribution in [1.82, 2.24) is 9.88 Å². The molecule has 1 unspecified atom stereocenters. The fourth-order valence-corrected chi connectivity index (χ4v) is 1.90. The highest BCUT2D eigenvalue weighted by molar-refractivity contribution is 5.27. The Labute approximate surface area is 99.4 Å². The van der Waals surface area contributed by atoms with Crippen LogP contribution in [0.25, 0.3) is 0 Å². The minimum absolute atomic E-state index is 0.0305. The van der Waals surface area contributed by atoms with E-state index in [1.807, 2.05) is 0 Å². The molecule has 0 spiro atoms. The molecule has 92 valence electrons. The molecule has 0 saturated carbocycles. The van der Waals surface area contributed by atoms with Crippen LogP contribution in [0.15, 0.2) is 18.3 Å². The average Bonchev–Trinajstić information content (AvgIpc) is 2.39. The molecule has 2 heterocycles. The molecule has 1 aromatic heterocycles. The van der Waals surface area contributed by atoms with Crippen molar-refractivity contribution in [3.63, 3.8) is 0 Å². The largest absolute Gasteiger partial charge is 0.379 e. The molecule has 1 fully saturated rings. The number of nitro groups is 1. The van der Waals surface area contributed by atoms with Gasteiger partial charge in [-0.05, 0) is 13.0 Å². The standard InChI is InChI=1S/C11H15N3O3/c1-9(13-4-6-17-7-5-13)11-3-2-10(8-12-11)14(15)16/h2-3,8-9H,4-7H2,1H3. The minimum atomic E-state index is -0.434. The molecule has 17 heavy (non-hydrogen) atoms. The Morgan fingerprint density at radius 2 is 2.18 bits per heavy atom. The molecular formula is C11H15N3O3. The number of ether oxygens (including phenoxy) is 1. The molecule has 1 aromatic rings. The molecule has 1 atom stereocenters. The molecule has 0 amide bonds. The summed E-state index contributed by atoms with van der Waals surface area (Å²) >= 11 is 0. The molecule has 1 saturated heterocycles. The average molecular weight is 237 g/mol. The highest BCUT2D eigenvalue weighted by Crippen LogP contribution is 2.20. The maximum Gasteiger partial charge on any atom is 0.287 e. The molecule has 6 heteroatoms. The SMILES string of the molecule is CC(c1ccc([N+](=O)[O-])cn1)N1CCOCC1. The fourth-order valence-electron chi connectivity index (χ4n) is 1.90. The van der Waals surface area contributed by atoms with Crippen molar-refractivity contribution in [2.45, 2.75) is 13.0 Å². The predicted molar refractivity (Wildman–Crippen MR) is 61.7 cm³/mol. The molecule has 0 aliphatic carbocycles. The van der Waals surface area contributed by atoms with Gasteiger partial charge < -0.3 is 4.74 Å². The Morgan fingerprint density at radius 3 is 2.71 bits per heavy atom. The third kappa shape index (κ3) is 2.78. The first-order valence-corrected chi connectivity index (χ1v) is 5.60. The summed E-state index contributed by atoms with van der Waals surface area (Å²) in [6, 6.07) is 3.39. The van der Waals surface area contributed by atoms with Crippen LogP contribution < -0.4 is 0 Å². The zero-order chi connectivity index (χ0) is 12.3. The highest BCUT2D eigenvalue weighted by Gasteiger charge is 2.19. The Hall–Kier alpha value is -1.53. The van der Waals surface area contributed by atoms with Crippen LogP contribution in [0.5, 0.6) is 0 Å². The lowest BCUT2D eigenvalue weighted by Crippen LogP contribution is -2.38. The minimum Gasteiger partial charge on any atom is -0.379 e. The van der Waals surface area contributed by atoms with Crippen LogP contribution in [0.4, 0.5) is 5.69 Å². The van der Waals surface area contributed by atoms with Gasteiger partial charge in [0.2, 0.25) is 0 Å². The van der Waals surface area contributed by atoms with Gasteiger partial charge in [-0.15, -0.1) is 0 Å². The van der Waals surface area contributed by atoms with Crippen LogP contribution >= 0.6 is 0 Å². The van der Waals surface area contributed by atoms with Gasteiger partial charge >= 0.3 is 0 Å². The molecule has 1 aliphatic heterocycles. The van der Waals surface area contributed by atoms with E-state index < -0.39 is 4.92 Å². The Bertz CT molecular complexity index is 387. The van der Waals surface area contributed by atoms with Gasteiger partial charge in [0.1, 0.15) is 6.20 Å². The zero-order valence-electron chi connectivity index (χ0n) is 9.70. The van der Waals surface area contributed by atoms with Crippen molar-refractivity contribution >= 4 is 5.69 Å². The summed E-state index contributed by atoms with van der Waals surface area (Å²) in [6.45, 7) is 5.27.